The Morgan fingerprint density at radius 3 is 2.42 bits per heavy atom. The van der Waals surface area contributed by atoms with Crippen LogP contribution in [0.1, 0.15) is 15.9 Å². The summed E-state index contributed by atoms with van der Waals surface area (Å²) >= 11 is 1.50. The molecular weight excluding hydrogens is 278 g/mol. The molecule has 2 aromatic rings. The molecule has 1 aliphatic heterocycles. The maximum Gasteiger partial charge on any atom is 0.200 e. The molecule has 1 aliphatic rings. The van der Waals surface area contributed by atoms with Crippen molar-refractivity contribution in [2.45, 2.75) is 4.90 Å². The number of nitrogens with two attached hydrogens (primary N) is 1. The first-order valence-electron chi connectivity index (χ1n) is 5.63. The smallest absolute Gasteiger partial charge is 0.200 e. The summed E-state index contributed by atoms with van der Waals surface area (Å²) in [5.41, 5.74) is 8.24. The van der Waals surface area contributed by atoms with Gasteiger partial charge in [-0.1, -0.05) is 42.1 Å². The third-order valence-corrected chi connectivity index (χ3v) is 3.96. The second-order valence-electron chi connectivity index (χ2n) is 4.06. The molecule has 0 fully saturated rings. The van der Waals surface area contributed by atoms with E-state index in [9.17, 15) is 4.79 Å². The number of para-hydroxylation sites is 1. The number of benzene rings is 2. The monoisotopic (exact) mass is 289 g/mol. The number of halogens is 1. The highest BCUT2D eigenvalue weighted by molar-refractivity contribution is 8.04. The summed E-state index contributed by atoms with van der Waals surface area (Å²) in [6.45, 7) is 0. The fraction of sp³-hybridized carbons (Fsp3) is 0. The lowest BCUT2D eigenvalue weighted by atomic mass is 10.1. The normalized spacial score (nSPS) is 15.2. The first-order chi connectivity index (χ1) is 8.75. The first-order valence-corrected chi connectivity index (χ1v) is 6.45. The number of thioether (sulfide) groups is 1. The summed E-state index contributed by atoms with van der Waals surface area (Å²) in [6.07, 6.45) is 1.86. The number of hydrogen-bond acceptors (Lipinski definition) is 3. The minimum Gasteiger partial charge on any atom is -0.398 e. The Labute approximate surface area is 122 Å². The van der Waals surface area contributed by atoms with Crippen molar-refractivity contribution in [3.63, 3.8) is 0 Å². The second kappa shape index (κ2) is 5.51. The van der Waals surface area contributed by atoms with Crippen LogP contribution in [0.2, 0.25) is 0 Å². The standard InChI is InChI=1S/C15H11NOS.ClH/c16-12-7-3-1-5-10(12)9-14-15(17)11-6-2-4-8-13(11)18-14;/h1-9H,16H2;1H. The van der Waals surface area contributed by atoms with Crippen LogP contribution in [0.25, 0.3) is 6.08 Å². The SMILES string of the molecule is Cl.Nc1ccccc1C=C1Sc2ccccc2C1=O. The van der Waals surface area contributed by atoms with E-state index in [0.717, 1.165) is 20.9 Å². The number of ketones is 1. The molecular formula is C15H12ClNOS. The number of carbonyl (C=O) groups excluding carboxylic acids is 1. The molecule has 4 heteroatoms. The van der Waals surface area contributed by atoms with E-state index in [4.69, 9.17) is 5.73 Å². The summed E-state index contributed by atoms with van der Waals surface area (Å²) in [5.74, 6) is 0.0823. The van der Waals surface area contributed by atoms with Crippen molar-refractivity contribution in [2.75, 3.05) is 5.73 Å². The second-order valence-corrected chi connectivity index (χ2v) is 5.15. The van der Waals surface area contributed by atoms with Gasteiger partial charge >= 0.3 is 0 Å². The van der Waals surface area contributed by atoms with Crippen molar-refractivity contribution in [3.05, 3.63) is 64.6 Å². The number of fused-ring (bicyclic) bond motifs is 1. The summed E-state index contributed by atoms with van der Waals surface area (Å²) in [6, 6.07) is 15.2. The third-order valence-electron chi connectivity index (χ3n) is 2.86. The minimum absolute atomic E-state index is 0. The van der Waals surface area contributed by atoms with E-state index in [-0.39, 0.29) is 18.2 Å². The van der Waals surface area contributed by atoms with E-state index in [2.05, 4.69) is 0 Å². The molecule has 0 atom stereocenters. The zero-order chi connectivity index (χ0) is 12.5. The Bertz CT molecular complexity index is 667. The molecule has 0 aromatic heterocycles. The van der Waals surface area contributed by atoms with Crippen molar-refractivity contribution in [1.82, 2.24) is 0 Å². The number of nitrogen functional groups attached to an aromatic ring is 1. The molecule has 0 amide bonds. The Hall–Kier alpha value is -1.71. The number of allylic oxidation sites excluding steroid dienone is 1. The van der Waals surface area contributed by atoms with Gasteiger partial charge in [0.05, 0.1) is 4.91 Å². The molecule has 2 nitrogen and oxygen atoms in total. The summed E-state index contributed by atoms with van der Waals surface area (Å²) in [7, 11) is 0. The average Bonchev–Trinajstić information content (AvgIpc) is 2.70. The van der Waals surface area contributed by atoms with Gasteiger partial charge in [-0.2, -0.15) is 0 Å². The molecule has 0 spiro atoms. The molecule has 1 heterocycles. The predicted octanol–water partition coefficient (Wildman–Crippen LogP) is 4.02. The van der Waals surface area contributed by atoms with Gasteiger partial charge in [0.15, 0.2) is 0 Å². The van der Waals surface area contributed by atoms with Crippen LogP contribution in [0, 0.1) is 0 Å². The van der Waals surface area contributed by atoms with Crippen LogP contribution in [0.4, 0.5) is 5.69 Å². The van der Waals surface area contributed by atoms with Crippen LogP contribution in [-0.4, -0.2) is 5.78 Å². The third kappa shape index (κ3) is 2.53. The van der Waals surface area contributed by atoms with E-state index in [1.807, 2.05) is 54.6 Å². The van der Waals surface area contributed by atoms with Crippen LogP contribution < -0.4 is 5.73 Å². The van der Waals surface area contributed by atoms with Gasteiger partial charge in [-0.25, -0.2) is 0 Å². The van der Waals surface area contributed by atoms with Crippen LogP contribution in [0.5, 0.6) is 0 Å². The largest absolute Gasteiger partial charge is 0.398 e. The van der Waals surface area contributed by atoms with Crippen molar-refractivity contribution >= 4 is 41.7 Å². The van der Waals surface area contributed by atoms with Gasteiger partial charge in [-0.15, -0.1) is 12.4 Å². The van der Waals surface area contributed by atoms with Gasteiger partial charge < -0.3 is 5.73 Å². The quantitative estimate of drug-likeness (QED) is 0.637. The highest BCUT2D eigenvalue weighted by Crippen LogP contribution is 2.40. The summed E-state index contributed by atoms with van der Waals surface area (Å²) in [4.78, 5) is 13.9. The molecule has 3 rings (SSSR count). The van der Waals surface area contributed by atoms with Gasteiger partial charge in [-0.3, -0.25) is 4.79 Å². The number of Topliss-reactive ketones (excluding diaryl/α,β-unsaturated/α-hetero) is 1. The summed E-state index contributed by atoms with van der Waals surface area (Å²) < 4.78 is 0. The van der Waals surface area contributed by atoms with Crippen molar-refractivity contribution < 1.29 is 4.79 Å². The van der Waals surface area contributed by atoms with E-state index < -0.39 is 0 Å². The molecule has 0 unspecified atom stereocenters. The molecule has 96 valence electrons. The van der Waals surface area contributed by atoms with Crippen molar-refractivity contribution in [2.24, 2.45) is 0 Å². The molecule has 2 aromatic carbocycles. The fourth-order valence-electron chi connectivity index (χ4n) is 1.92. The topological polar surface area (TPSA) is 43.1 Å². The maximum atomic E-state index is 12.2. The van der Waals surface area contributed by atoms with Crippen molar-refractivity contribution in [1.29, 1.82) is 0 Å². The average molecular weight is 290 g/mol. The van der Waals surface area contributed by atoms with Crippen LogP contribution in [0.3, 0.4) is 0 Å². The number of rotatable bonds is 1. The zero-order valence-electron chi connectivity index (χ0n) is 10.00. The fourth-order valence-corrected chi connectivity index (χ4v) is 2.96. The first kappa shape index (κ1) is 13.7. The maximum absolute atomic E-state index is 12.2. The van der Waals surface area contributed by atoms with Gasteiger partial charge in [0, 0.05) is 16.1 Å². The Morgan fingerprint density at radius 1 is 1.00 bits per heavy atom. The predicted molar refractivity (Wildman–Crippen MR) is 82.7 cm³/mol. The van der Waals surface area contributed by atoms with Gasteiger partial charge in [0.2, 0.25) is 5.78 Å². The zero-order valence-corrected chi connectivity index (χ0v) is 11.6. The van der Waals surface area contributed by atoms with Crippen LogP contribution >= 0.6 is 24.2 Å². The highest BCUT2D eigenvalue weighted by atomic mass is 35.5. The van der Waals surface area contributed by atoms with Gasteiger partial charge in [-0.05, 0) is 29.8 Å². The van der Waals surface area contributed by atoms with Gasteiger partial charge in [0.25, 0.3) is 0 Å². The number of hydrogen-bond donors (Lipinski definition) is 1. The lowest BCUT2D eigenvalue weighted by molar-refractivity contribution is 0.104. The minimum atomic E-state index is 0. The van der Waals surface area contributed by atoms with Crippen LogP contribution in [0.15, 0.2) is 58.3 Å². The molecule has 19 heavy (non-hydrogen) atoms. The molecule has 0 aliphatic carbocycles. The Kier molecular flexibility index (Phi) is 3.98. The number of anilines is 1. The molecule has 0 saturated carbocycles. The van der Waals surface area contributed by atoms with Gasteiger partial charge in [0.1, 0.15) is 0 Å². The highest BCUT2D eigenvalue weighted by Gasteiger charge is 2.25. The molecule has 0 saturated heterocycles. The lowest BCUT2D eigenvalue weighted by Gasteiger charge is -2.00. The Morgan fingerprint density at radius 2 is 1.68 bits per heavy atom. The lowest BCUT2D eigenvalue weighted by Crippen LogP contribution is -1.94. The molecule has 2 N–H and O–H groups in total. The van der Waals surface area contributed by atoms with E-state index in [1.54, 1.807) is 0 Å². The van der Waals surface area contributed by atoms with E-state index in [0.29, 0.717) is 5.69 Å². The number of carbonyl (C=O) groups is 1. The summed E-state index contributed by atoms with van der Waals surface area (Å²) in [5, 5.41) is 0. The van der Waals surface area contributed by atoms with Crippen LogP contribution in [-0.2, 0) is 0 Å². The molecule has 0 radical (unpaired) electrons. The Balaban J connectivity index is 0.00000133. The van der Waals surface area contributed by atoms with E-state index >= 15 is 0 Å². The van der Waals surface area contributed by atoms with E-state index in [1.165, 1.54) is 11.8 Å². The van der Waals surface area contributed by atoms with Crippen molar-refractivity contribution in [3.8, 4) is 0 Å². The molecule has 0 bridgehead atoms.